The summed E-state index contributed by atoms with van der Waals surface area (Å²) in [5.41, 5.74) is 0.253. The van der Waals surface area contributed by atoms with E-state index < -0.39 is 30.8 Å². The molecular weight excluding hydrogens is 341 g/mol. The Balaban J connectivity index is 2.92. The van der Waals surface area contributed by atoms with Crippen molar-refractivity contribution in [2.45, 2.75) is 45.3 Å². The van der Waals surface area contributed by atoms with Crippen LogP contribution in [0.1, 0.15) is 32.8 Å². The highest BCUT2D eigenvalue weighted by atomic mass is 31.2. The fourth-order valence-electron chi connectivity index (χ4n) is 2.24. The lowest BCUT2D eigenvalue weighted by Crippen LogP contribution is -2.41. The molecule has 1 N–H and O–H groups in total. The SMILES string of the molecule is COC(=O)C[C@@H](Cc1cccc(P(C)(C)=O)c1)NC(=O)OC(C)(C)C. The number of nitrogens with one attached hydrogen (secondary N) is 1. The Morgan fingerprint density at radius 2 is 1.88 bits per heavy atom. The molecule has 0 aliphatic rings. The van der Waals surface area contributed by atoms with Gasteiger partial charge in [-0.3, -0.25) is 4.79 Å². The smallest absolute Gasteiger partial charge is 0.407 e. The number of carbonyl (C=O) groups excluding carboxylic acids is 2. The van der Waals surface area contributed by atoms with Crippen molar-refractivity contribution in [1.29, 1.82) is 0 Å². The fraction of sp³-hybridized carbons (Fsp3) is 0.556. The van der Waals surface area contributed by atoms with Gasteiger partial charge in [0.05, 0.1) is 13.5 Å². The number of benzene rings is 1. The van der Waals surface area contributed by atoms with E-state index in [9.17, 15) is 14.2 Å². The zero-order valence-electron chi connectivity index (χ0n) is 15.8. The number of hydrogen-bond donors (Lipinski definition) is 1. The highest BCUT2D eigenvalue weighted by Crippen LogP contribution is 2.34. The van der Waals surface area contributed by atoms with Gasteiger partial charge in [-0.25, -0.2) is 4.79 Å². The van der Waals surface area contributed by atoms with Gasteiger partial charge in [-0.15, -0.1) is 0 Å². The Labute approximate surface area is 149 Å². The first-order valence-electron chi connectivity index (χ1n) is 8.11. The van der Waals surface area contributed by atoms with Gasteiger partial charge in [-0.1, -0.05) is 18.2 Å². The molecule has 1 atom stereocenters. The quantitative estimate of drug-likeness (QED) is 0.616. The lowest BCUT2D eigenvalue weighted by atomic mass is 10.0. The predicted octanol–water partition coefficient (Wildman–Crippen LogP) is 2.93. The molecule has 1 rings (SSSR count). The molecule has 1 amide bonds. The van der Waals surface area contributed by atoms with E-state index in [1.807, 2.05) is 24.3 Å². The van der Waals surface area contributed by atoms with Crippen LogP contribution in [-0.4, -0.2) is 44.1 Å². The Morgan fingerprint density at radius 1 is 1.24 bits per heavy atom. The van der Waals surface area contributed by atoms with Crippen LogP contribution in [0.25, 0.3) is 0 Å². The molecule has 0 aromatic heterocycles. The molecule has 0 unspecified atom stereocenters. The van der Waals surface area contributed by atoms with E-state index in [0.29, 0.717) is 6.42 Å². The highest BCUT2D eigenvalue weighted by Gasteiger charge is 2.22. The van der Waals surface area contributed by atoms with Crippen molar-refractivity contribution in [2.24, 2.45) is 0 Å². The number of alkyl carbamates (subject to hydrolysis) is 1. The molecule has 0 saturated heterocycles. The van der Waals surface area contributed by atoms with Gasteiger partial charge >= 0.3 is 12.1 Å². The summed E-state index contributed by atoms with van der Waals surface area (Å²) in [7, 11) is -1.08. The second kappa shape index (κ2) is 8.52. The molecule has 0 fully saturated rings. The molecule has 0 aliphatic carbocycles. The van der Waals surface area contributed by atoms with Crippen LogP contribution < -0.4 is 10.6 Å². The lowest BCUT2D eigenvalue weighted by Gasteiger charge is -2.23. The van der Waals surface area contributed by atoms with Gasteiger partial charge in [0.2, 0.25) is 0 Å². The maximum absolute atomic E-state index is 12.2. The summed E-state index contributed by atoms with van der Waals surface area (Å²) < 4.78 is 22.2. The Hall–Kier alpha value is -1.81. The number of rotatable bonds is 6. The number of methoxy groups -OCH3 is 1. The average molecular weight is 369 g/mol. The van der Waals surface area contributed by atoms with Crippen molar-refractivity contribution < 1.29 is 23.6 Å². The second-order valence-corrected chi connectivity index (χ2v) is 10.6. The summed E-state index contributed by atoms with van der Waals surface area (Å²) in [4.78, 5) is 23.7. The van der Waals surface area contributed by atoms with Crippen molar-refractivity contribution in [3.8, 4) is 0 Å². The summed E-state index contributed by atoms with van der Waals surface area (Å²) in [6.45, 7) is 8.72. The average Bonchev–Trinajstić information content (AvgIpc) is 2.44. The highest BCUT2D eigenvalue weighted by molar-refractivity contribution is 7.70. The zero-order valence-corrected chi connectivity index (χ0v) is 16.7. The first-order chi connectivity index (χ1) is 11.4. The number of esters is 1. The third-order valence-electron chi connectivity index (χ3n) is 3.38. The molecule has 7 heteroatoms. The third kappa shape index (κ3) is 8.21. The van der Waals surface area contributed by atoms with E-state index in [4.69, 9.17) is 9.47 Å². The molecule has 0 bridgehead atoms. The van der Waals surface area contributed by atoms with Gasteiger partial charge in [-0.05, 0) is 52.2 Å². The Morgan fingerprint density at radius 3 is 2.40 bits per heavy atom. The van der Waals surface area contributed by atoms with Crippen molar-refractivity contribution in [3.63, 3.8) is 0 Å². The number of ether oxygens (including phenoxy) is 2. The Bertz CT molecular complexity index is 660. The van der Waals surface area contributed by atoms with Crippen molar-refractivity contribution in [1.82, 2.24) is 5.32 Å². The minimum Gasteiger partial charge on any atom is -0.469 e. The van der Waals surface area contributed by atoms with Crippen LogP contribution in [0.4, 0.5) is 4.79 Å². The summed E-state index contributed by atoms with van der Waals surface area (Å²) in [6.07, 6.45) is -0.160. The van der Waals surface area contributed by atoms with Crippen LogP contribution in [0.5, 0.6) is 0 Å². The zero-order chi connectivity index (χ0) is 19.3. The van der Waals surface area contributed by atoms with E-state index in [-0.39, 0.29) is 6.42 Å². The number of hydrogen-bond acceptors (Lipinski definition) is 5. The summed E-state index contributed by atoms with van der Waals surface area (Å²) in [5.74, 6) is -0.422. The topological polar surface area (TPSA) is 81.7 Å². The normalized spacial score (nSPS) is 13.0. The molecular formula is C18H28NO5P. The molecule has 0 spiro atoms. The predicted molar refractivity (Wildman–Crippen MR) is 99.0 cm³/mol. The van der Waals surface area contributed by atoms with E-state index in [1.54, 1.807) is 34.1 Å². The van der Waals surface area contributed by atoms with Gasteiger partial charge in [0.25, 0.3) is 0 Å². The van der Waals surface area contributed by atoms with Crippen LogP contribution in [0.3, 0.4) is 0 Å². The summed E-state index contributed by atoms with van der Waals surface area (Å²) >= 11 is 0. The van der Waals surface area contributed by atoms with Crippen LogP contribution in [0.2, 0.25) is 0 Å². The molecule has 1 aromatic carbocycles. The molecule has 140 valence electrons. The number of amides is 1. The summed E-state index contributed by atoms with van der Waals surface area (Å²) in [6, 6.07) is 6.89. The van der Waals surface area contributed by atoms with E-state index in [0.717, 1.165) is 10.9 Å². The molecule has 0 aliphatic heterocycles. The van der Waals surface area contributed by atoms with Gasteiger partial charge in [0.1, 0.15) is 12.7 Å². The maximum Gasteiger partial charge on any atom is 0.407 e. The van der Waals surface area contributed by atoms with E-state index in [2.05, 4.69) is 5.32 Å². The molecule has 1 aromatic rings. The third-order valence-corrected chi connectivity index (χ3v) is 4.90. The van der Waals surface area contributed by atoms with Gasteiger partial charge in [0, 0.05) is 11.3 Å². The first kappa shape index (κ1) is 21.2. The van der Waals surface area contributed by atoms with E-state index >= 15 is 0 Å². The fourth-order valence-corrected chi connectivity index (χ4v) is 3.16. The largest absolute Gasteiger partial charge is 0.469 e. The first-order valence-corrected chi connectivity index (χ1v) is 10.7. The van der Waals surface area contributed by atoms with Crippen molar-refractivity contribution in [3.05, 3.63) is 29.8 Å². The van der Waals surface area contributed by atoms with Crippen LogP contribution in [0.15, 0.2) is 24.3 Å². The van der Waals surface area contributed by atoms with Gasteiger partial charge in [-0.2, -0.15) is 0 Å². The maximum atomic E-state index is 12.2. The van der Waals surface area contributed by atoms with Crippen molar-refractivity contribution >= 4 is 24.5 Å². The van der Waals surface area contributed by atoms with Gasteiger partial charge in [0.15, 0.2) is 0 Å². The molecule has 0 heterocycles. The number of carbonyl (C=O) groups is 2. The van der Waals surface area contributed by atoms with Crippen LogP contribution in [0, 0.1) is 0 Å². The molecule has 0 saturated carbocycles. The van der Waals surface area contributed by atoms with Crippen LogP contribution in [-0.2, 0) is 25.3 Å². The molecule has 6 nitrogen and oxygen atoms in total. The standard InChI is InChI=1S/C18H28NO5P/c1-18(2,3)24-17(21)19-14(12-16(20)23-4)10-13-8-7-9-15(11-13)25(5,6)22/h7-9,11,14H,10,12H2,1-6H3,(H,19,21)/t14-/m1/s1. The Kier molecular flexibility index (Phi) is 7.24. The van der Waals surface area contributed by atoms with Gasteiger partial charge < -0.3 is 19.4 Å². The van der Waals surface area contributed by atoms with Crippen LogP contribution >= 0.6 is 7.14 Å². The molecule has 0 radical (unpaired) electrons. The van der Waals surface area contributed by atoms with Crippen molar-refractivity contribution in [2.75, 3.05) is 20.4 Å². The second-order valence-electron chi connectivity index (χ2n) is 7.35. The summed E-state index contributed by atoms with van der Waals surface area (Å²) in [5, 5.41) is 3.48. The minimum atomic E-state index is -2.38. The molecule has 25 heavy (non-hydrogen) atoms. The monoisotopic (exact) mass is 369 g/mol. The lowest BCUT2D eigenvalue weighted by molar-refractivity contribution is -0.141. The van der Waals surface area contributed by atoms with E-state index in [1.165, 1.54) is 7.11 Å². The minimum absolute atomic E-state index is 0.0237.